The average Bonchev–Trinajstić information content (AvgIpc) is 3.66. The van der Waals surface area contributed by atoms with Crippen LogP contribution in [-0.4, -0.2) is 73.7 Å². The number of pyridine rings is 1. The zero-order valence-electron chi connectivity index (χ0n) is 22.9. The Balaban J connectivity index is 1.01. The van der Waals surface area contributed by atoms with Gasteiger partial charge in [-0.3, -0.25) is 24.6 Å². The number of aliphatic hydroxyl groups is 1. The molecule has 0 radical (unpaired) electrons. The third-order valence-corrected chi connectivity index (χ3v) is 8.63. The molecular formula is C31H30F2N6O3. The van der Waals surface area contributed by atoms with Crippen molar-refractivity contribution in [2.75, 3.05) is 31.5 Å². The number of hydrogen-bond donors (Lipinski definition) is 3. The summed E-state index contributed by atoms with van der Waals surface area (Å²) < 4.78 is 28.4. The van der Waals surface area contributed by atoms with Crippen molar-refractivity contribution in [1.29, 1.82) is 0 Å². The van der Waals surface area contributed by atoms with Crippen LogP contribution in [0, 0.1) is 11.6 Å². The number of likely N-dealkylation sites (tertiary alicyclic amines) is 1. The number of fused-ring (bicyclic) bond motifs is 2. The summed E-state index contributed by atoms with van der Waals surface area (Å²) >= 11 is 0. The summed E-state index contributed by atoms with van der Waals surface area (Å²) in [6.07, 6.45) is 4.49. The number of carbonyl (C=O) groups excluding carboxylic acids is 2. The summed E-state index contributed by atoms with van der Waals surface area (Å²) in [6, 6.07) is 11.6. The average molecular weight is 573 g/mol. The first-order chi connectivity index (χ1) is 20.3. The Morgan fingerprint density at radius 2 is 1.88 bits per heavy atom. The van der Waals surface area contributed by atoms with Gasteiger partial charge in [0.25, 0.3) is 5.91 Å². The summed E-state index contributed by atoms with van der Waals surface area (Å²) in [7, 11) is 0. The molecule has 7 rings (SSSR count). The summed E-state index contributed by atoms with van der Waals surface area (Å²) in [5, 5.41) is 22.4. The number of halogens is 2. The normalized spacial score (nSPS) is 20.6. The van der Waals surface area contributed by atoms with E-state index in [1.54, 1.807) is 17.2 Å². The van der Waals surface area contributed by atoms with Gasteiger partial charge >= 0.3 is 0 Å². The number of β-amino-alcohol motifs (C(OH)–C–C–N with tert-alkyl or cyclic N) is 1. The Labute approximate surface area is 240 Å². The monoisotopic (exact) mass is 572 g/mol. The molecular weight excluding hydrogens is 542 g/mol. The lowest BCUT2D eigenvalue weighted by molar-refractivity contribution is -0.136. The van der Waals surface area contributed by atoms with Gasteiger partial charge in [-0.05, 0) is 73.7 Å². The van der Waals surface area contributed by atoms with Crippen molar-refractivity contribution in [2.24, 2.45) is 0 Å². The highest BCUT2D eigenvalue weighted by atomic mass is 19.1. The minimum absolute atomic E-state index is 0.00375. The quantitative estimate of drug-likeness (QED) is 0.325. The molecule has 2 aromatic heterocycles. The van der Waals surface area contributed by atoms with Crippen molar-refractivity contribution in [1.82, 2.24) is 25.0 Å². The molecule has 11 heteroatoms. The highest BCUT2D eigenvalue weighted by Crippen LogP contribution is 2.40. The van der Waals surface area contributed by atoms with Gasteiger partial charge in [-0.2, -0.15) is 5.10 Å². The Morgan fingerprint density at radius 3 is 2.69 bits per heavy atom. The van der Waals surface area contributed by atoms with E-state index in [-0.39, 0.29) is 50.5 Å². The molecule has 1 atom stereocenters. The number of carbonyl (C=O) groups is 2. The summed E-state index contributed by atoms with van der Waals surface area (Å²) in [5.74, 6) is -1.28. The van der Waals surface area contributed by atoms with E-state index in [0.717, 1.165) is 52.8 Å². The second-order valence-corrected chi connectivity index (χ2v) is 11.6. The van der Waals surface area contributed by atoms with Crippen LogP contribution >= 0.6 is 0 Å². The highest BCUT2D eigenvalue weighted by Gasteiger charge is 2.43. The summed E-state index contributed by atoms with van der Waals surface area (Å²) in [4.78, 5) is 34.0. The number of anilines is 1. The first kappa shape index (κ1) is 26.7. The molecule has 0 unspecified atom stereocenters. The number of hydrogen-bond acceptors (Lipinski definition) is 6. The molecule has 1 saturated heterocycles. The van der Waals surface area contributed by atoms with Gasteiger partial charge in [0.1, 0.15) is 17.3 Å². The zero-order chi connectivity index (χ0) is 29.0. The summed E-state index contributed by atoms with van der Waals surface area (Å²) in [6.45, 7) is 0.583. The van der Waals surface area contributed by atoms with Gasteiger partial charge in [0.05, 0.1) is 12.1 Å². The number of nitrogens with one attached hydrogen (secondary N) is 2. The molecule has 2 aromatic carbocycles. The smallest absolute Gasteiger partial charge is 0.257 e. The maximum Gasteiger partial charge on any atom is 0.257 e. The maximum atomic E-state index is 14.3. The van der Waals surface area contributed by atoms with E-state index < -0.39 is 23.1 Å². The number of aromatic nitrogens is 3. The van der Waals surface area contributed by atoms with Crippen LogP contribution in [0.2, 0.25) is 0 Å². The summed E-state index contributed by atoms with van der Waals surface area (Å²) in [5.41, 5.74) is 2.95. The highest BCUT2D eigenvalue weighted by molar-refractivity contribution is 6.01. The molecule has 2 amide bonds. The Kier molecular flexibility index (Phi) is 6.51. The van der Waals surface area contributed by atoms with E-state index in [1.807, 2.05) is 18.2 Å². The number of aromatic amines is 1. The van der Waals surface area contributed by atoms with Gasteiger partial charge in [-0.15, -0.1) is 0 Å². The molecule has 3 N–H and O–H groups in total. The molecule has 216 valence electrons. The lowest BCUT2D eigenvalue weighted by Gasteiger charge is -2.31. The van der Waals surface area contributed by atoms with Crippen LogP contribution in [0.5, 0.6) is 0 Å². The zero-order valence-corrected chi connectivity index (χ0v) is 22.9. The van der Waals surface area contributed by atoms with Crippen molar-refractivity contribution in [3.05, 3.63) is 77.1 Å². The molecule has 9 nitrogen and oxygen atoms in total. The number of nitrogens with zero attached hydrogens (tertiary/aromatic N) is 4. The van der Waals surface area contributed by atoms with Crippen LogP contribution < -0.4 is 5.32 Å². The number of amides is 2. The first-order valence-corrected chi connectivity index (χ1v) is 14.2. The van der Waals surface area contributed by atoms with Crippen LogP contribution in [0.3, 0.4) is 0 Å². The van der Waals surface area contributed by atoms with E-state index in [2.05, 4.69) is 26.6 Å². The fourth-order valence-electron chi connectivity index (χ4n) is 6.05. The minimum Gasteiger partial charge on any atom is -0.379 e. The van der Waals surface area contributed by atoms with Crippen molar-refractivity contribution < 1.29 is 23.5 Å². The Hall–Kier alpha value is -4.22. The maximum absolute atomic E-state index is 14.3. The Bertz CT molecular complexity index is 1720. The molecule has 4 heterocycles. The fraction of sp³-hybridized carbons (Fsp3) is 0.355. The molecule has 2 aliphatic heterocycles. The lowest BCUT2D eigenvalue weighted by atomic mass is 9.98. The SMILES string of the molecule is O=C(CN1CC[C@@](O)(C(=O)Nc2ccc3[nH]nc(-c4ccnc(C5CC5)c4)c3c2)C1)N1CCc2c(F)ccc(F)c2C1. The predicted octanol–water partition coefficient (Wildman–Crippen LogP) is 3.74. The standard InChI is InChI=1S/C31H30F2N6O3/c32-24-4-5-25(33)23-15-39(11-8-21(23)24)28(40)16-38-12-9-31(42,17-38)30(41)35-20-3-6-26-22(14-20)29(37-36-26)19-7-10-34-27(13-19)18-1-2-18/h3-7,10,13-14,18,42H,1-2,8-9,11-12,15-17H2,(H,35,41)(H,36,37)/t31-/m0/s1. The van der Waals surface area contributed by atoms with Crippen molar-refractivity contribution in [3.63, 3.8) is 0 Å². The minimum atomic E-state index is -1.68. The van der Waals surface area contributed by atoms with E-state index in [0.29, 0.717) is 23.7 Å². The van der Waals surface area contributed by atoms with E-state index >= 15 is 0 Å². The third kappa shape index (κ3) is 4.92. The predicted molar refractivity (Wildman–Crippen MR) is 151 cm³/mol. The van der Waals surface area contributed by atoms with Gasteiger partial charge < -0.3 is 15.3 Å². The van der Waals surface area contributed by atoms with Crippen LogP contribution in [0.25, 0.3) is 22.2 Å². The second-order valence-electron chi connectivity index (χ2n) is 11.6. The van der Waals surface area contributed by atoms with Gasteiger partial charge in [-0.1, -0.05) is 0 Å². The molecule has 2 fully saturated rings. The lowest BCUT2D eigenvalue weighted by Crippen LogP contribution is -2.47. The van der Waals surface area contributed by atoms with Gasteiger partial charge in [-0.25, -0.2) is 8.78 Å². The molecule has 42 heavy (non-hydrogen) atoms. The second kappa shape index (κ2) is 10.2. The van der Waals surface area contributed by atoms with Crippen molar-refractivity contribution in [2.45, 2.75) is 43.7 Å². The van der Waals surface area contributed by atoms with E-state index in [4.69, 9.17) is 0 Å². The van der Waals surface area contributed by atoms with Crippen LogP contribution in [0.15, 0.2) is 48.7 Å². The van der Waals surface area contributed by atoms with Crippen molar-refractivity contribution >= 4 is 28.4 Å². The van der Waals surface area contributed by atoms with Crippen molar-refractivity contribution in [3.8, 4) is 11.3 Å². The molecule has 0 bridgehead atoms. The van der Waals surface area contributed by atoms with Gasteiger partial charge in [0, 0.05) is 66.2 Å². The largest absolute Gasteiger partial charge is 0.379 e. The molecule has 3 aliphatic rings. The van der Waals surface area contributed by atoms with Crippen LogP contribution in [-0.2, 0) is 22.6 Å². The number of benzene rings is 2. The topological polar surface area (TPSA) is 114 Å². The third-order valence-electron chi connectivity index (χ3n) is 8.63. The van der Waals surface area contributed by atoms with E-state index in [1.165, 1.54) is 4.90 Å². The van der Waals surface area contributed by atoms with E-state index in [9.17, 15) is 23.5 Å². The van der Waals surface area contributed by atoms with Crippen LogP contribution in [0.1, 0.15) is 42.0 Å². The molecule has 0 spiro atoms. The molecule has 1 aliphatic carbocycles. The fourth-order valence-corrected chi connectivity index (χ4v) is 6.05. The number of rotatable bonds is 6. The Morgan fingerprint density at radius 1 is 1.07 bits per heavy atom. The van der Waals surface area contributed by atoms with Gasteiger partial charge in [0.2, 0.25) is 5.91 Å². The number of H-pyrrole nitrogens is 1. The van der Waals surface area contributed by atoms with Crippen LogP contribution in [0.4, 0.5) is 14.5 Å². The molecule has 4 aromatic rings. The first-order valence-electron chi connectivity index (χ1n) is 14.2. The molecule has 1 saturated carbocycles. The van der Waals surface area contributed by atoms with Gasteiger partial charge in [0.15, 0.2) is 5.60 Å².